The average Bonchev–Trinajstić information content (AvgIpc) is 2.95. The lowest BCUT2D eigenvalue weighted by atomic mass is 10.1. The SMILES string of the molecule is N#CC1(C(=O)NCCCCC(F)(F)F)CC1. The summed E-state index contributed by atoms with van der Waals surface area (Å²) in [5.74, 6) is -0.345. The second-order valence-electron chi connectivity index (χ2n) is 4.02. The zero-order valence-electron chi connectivity index (χ0n) is 8.73. The first kappa shape index (κ1) is 12.8. The summed E-state index contributed by atoms with van der Waals surface area (Å²) in [7, 11) is 0. The van der Waals surface area contributed by atoms with Crippen molar-refractivity contribution in [2.24, 2.45) is 5.41 Å². The Morgan fingerprint density at radius 3 is 2.44 bits per heavy atom. The van der Waals surface area contributed by atoms with Gasteiger partial charge in [0.25, 0.3) is 0 Å². The fourth-order valence-corrected chi connectivity index (χ4v) is 1.34. The van der Waals surface area contributed by atoms with Crippen LogP contribution in [0.4, 0.5) is 13.2 Å². The van der Waals surface area contributed by atoms with Crippen molar-refractivity contribution in [3.8, 4) is 6.07 Å². The predicted molar refractivity (Wildman–Crippen MR) is 50.2 cm³/mol. The number of carbonyl (C=O) groups excluding carboxylic acids is 1. The van der Waals surface area contributed by atoms with Crippen LogP contribution in [0.1, 0.15) is 32.1 Å². The number of carbonyl (C=O) groups is 1. The van der Waals surface area contributed by atoms with E-state index in [2.05, 4.69) is 5.32 Å². The van der Waals surface area contributed by atoms with Crippen molar-refractivity contribution in [2.45, 2.75) is 38.3 Å². The highest BCUT2D eigenvalue weighted by Gasteiger charge is 2.50. The summed E-state index contributed by atoms with van der Waals surface area (Å²) >= 11 is 0. The normalized spacial score (nSPS) is 17.6. The average molecular weight is 234 g/mol. The molecule has 0 heterocycles. The summed E-state index contributed by atoms with van der Waals surface area (Å²) < 4.78 is 35.3. The minimum Gasteiger partial charge on any atom is -0.355 e. The third-order valence-electron chi connectivity index (χ3n) is 2.57. The van der Waals surface area contributed by atoms with E-state index in [-0.39, 0.29) is 25.3 Å². The number of unbranched alkanes of at least 4 members (excludes halogenated alkanes) is 1. The van der Waals surface area contributed by atoms with Crippen LogP contribution in [0, 0.1) is 16.7 Å². The summed E-state index contributed by atoms with van der Waals surface area (Å²) in [6, 6.07) is 1.93. The lowest BCUT2D eigenvalue weighted by molar-refractivity contribution is -0.135. The van der Waals surface area contributed by atoms with Gasteiger partial charge >= 0.3 is 6.18 Å². The Labute approximate surface area is 91.6 Å². The summed E-state index contributed by atoms with van der Waals surface area (Å²) in [5, 5.41) is 11.2. The van der Waals surface area contributed by atoms with Gasteiger partial charge in [0, 0.05) is 13.0 Å². The molecule has 0 bridgehead atoms. The van der Waals surface area contributed by atoms with Gasteiger partial charge in [-0.3, -0.25) is 4.79 Å². The first-order valence-electron chi connectivity index (χ1n) is 5.16. The van der Waals surface area contributed by atoms with E-state index in [0.717, 1.165) is 0 Å². The highest BCUT2D eigenvalue weighted by atomic mass is 19.4. The molecule has 1 fully saturated rings. The molecule has 0 saturated heterocycles. The van der Waals surface area contributed by atoms with Crippen molar-refractivity contribution in [1.29, 1.82) is 5.26 Å². The molecule has 1 aliphatic carbocycles. The Bertz CT molecular complexity index is 302. The molecule has 6 heteroatoms. The zero-order chi connectivity index (χ0) is 12.2. The Morgan fingerprint density at radius 1 is 1.38 bits per heavy atom. The van der Waals surface area contributed by atoms with Crippen LogP contribution < -0.4 is 5.32 Å². The second-order valence-corrected chi connectivity index (χ2v) is 4.02. The molecule has 0 aromatic carbocycles. The van der Waals surface area contributed by atoms with Gasteiger partial charge in [-0.25, -0.2) is 0 Å². The van der Waals surface area contributed by atoms with E-state index in [4.69, 9.17) is 5.26 Å². The van der Waals surface area contributed by atoms with Crippen molar-refractivity contribution in [1.82, 2.24) is 5.32 Å². The van der Waals surface area contributed by atoms with Gasteiger partial charge in [0.1, 0.15) is 5.41 Å². The minimum atomic E-state index is -4.13. The topological polar surface area (TPSA) is 52.9 Å². The summed E-state index contributed by atoms with van der Waals surface area (Å²) in [5.41, 5.74) is -0.885. The first-order chi connectivity index (χ1) is 7.40. The van der Waals surface area contributed by atoms with Crippen LogP contribution in [0.25, 0.3) is 0 Å². The van der Waals surface area contributed by atoms with E-state index in [1.807, 2.05) is 6.07 Å². The number of alkyl halides is 3. The molecule has 0 atom stereocenters. The molecular formula is C10H13F3N2O. The van der Waals surface area contributed by atoms with E-state index in [9.17, 15) is 18.0 Å². The Balaban J connectivity index is 2.09. The lowest BCUT2D eigenvalue weighted by Crippen LogP contribution is -2.32. The zero-order valence-corrected chi connectivity index (χ0v) is 8.73. The Kier molecular flexibility index (Phi) is 3.79. The van der Waals surface area contributed by atoms with Crippen LogP contribution in [-0.4, -0.2) is 18.6 Å². The molecule has 0 spiro atoms. The maximum absolute atomic E-state index is 11.8. The quantitative estimate of drug-likeness (QED) is 0.741. The molecule has 1 N–H and O–H groups in total. The van der Waals surface area contributed by atoms with Crippen molar-refractivity contribution in [3.63, 3.8) is 0 Å². The van der Waals surface area contributed by atoms with Crippen LogP contribution in [0.2, 0.25) is 0 Å². The predicted octanol–water partition coefficient (Wildman–Crippen LogP) is 2.14. The van der Waals surface area contributed by atoms with Crippen molar-refractivity contribution >= 4 is 5.91 Å². The lowest BCUT2D eigenvalue weighted by Gasteiger charge is -2.08. The van der Waals surface area contributed by atoms with Crippen LogP contribution in [0.5, 0.6) is 0 Å². The third-order valence-corrected chi connectivity index (χ3v) is 2.57. The van der Waals surface area contributed by atoms with Gasteiger partial charge in [-0.2, -0.15) is 18.4 Å². The number of nitrogens with one attached hydrogen (secondary N) is 1. The molecule has 0 aromatic rings. The summed E-state index contributed by atoms with van der Waals surface area (Å²) in [6.07, 6.45) is -3.56. The van der Waals surface area contributed by atoms with Gasteiger partial charge in [-0.05, 0) is 25.7 Å². The monoisotopic (exact) mass is 234 g/mol. The molecule has 0 unspecified atom stereocenters. The van der Waals surface area contributed by atoms with Crippen molar-refractivity contribution in [2.75, 3.05) is 6.54 Å². The van der Waals surface area contributed by atoms with Gasteiger partial charge in [0.15, 0.2) is 0 Å². The number of hydrogen-bond donors (Lipinski definition) is 1. The second kappa shape index (κ2) is 4.73. The van der Waals surface area contributed by atoms with Gasteiger partial charge in [-0.1, -0.05) is 0 Å². The molecule has 1 saturated carbocycles. The fourth-order valence-electron chi connectivity index (χ4n) is 1.34. The highest BCUT2D eigenvalue weighted by molar-refractivity contribution is 5.88. The maximum Gasteiger partial charge on any atom is 0.389 e. The fraction of sp³-hybridized carbons (Fsp3) is 0.800. The van der Waals surface area contributed by atoms with Gasteiger partial charge < -0.3 is 5.32 Å². The van der Waals surface area contributed by atoms with Gasteiger partial charge in [0.2, 0.25) is 5.91 Å². The standard InChI is InChI=1S/C10H13F3N2O/c11-10(12,13)3-1-2-6-15-8(16)9(7-14)4-5-9/h1-6H2,(H,15,16). The summed E-state index contributed by atoms with van der Waals surface area (Å²) in [6.45, 7) is 0.207. The molecule has 1 rings (SSSR count). The largest absolute Gasteiger partial charge is 0.389 e. The first-order valence-corrected chi connectivity index (χ1v) is 5.16. The van der Waals surface area contributed by atoms with E-state index >= 15 is 0 Å². The van der Waals surface area contributed by atoms with Crippen molar-refractivity contribution < 1.29 is 18.0 Å². The molecular weight excluding hydrogens is 221 g/mol. The molecule has 90 valence electrons. The number of amides is 1. The van der Waals surface area contributed by atoms with Crippen molar-refractivity contribution in [3.05, 3.63) is 0 Å². The van der Waals surface area contributed by atoms with Gasteiger partial charge in [0.05, 0.1) is 6.07 Å². The van der Waals surface area contributed by atoms with Crippen LogP contribution in [0.3, 0.4) is 0 Å². The van der Waals surface area contributed by atoms with E-state index in [1.54, 1.807) is 0 Å². The van der Waals surface area contributed by atoms with Crippen LogP contribution in [-0.2, 0) is 4.79 Å². The van der Waals surface area contributed by atoms with Crippen LogP contribution >= 0.6 is 0 Å². The number of nitriles is 1. The highest BCUT2D eigenvalue weighted by Crippen LogP contribution is 2.44. The molecule has 3 nitrogen and oxygen atoms in total. The molecule has 0 radical (unpaired) electrons. The molecule has 16 heavy (non-hydrogen) atoms. The van der Waals surface area contributed by atoms with E-state index in [1.165, 1.54) is 0 Å². The molecule has 1 aliphatic rings. The Morgan fingerprint density at radius 2 is 2.00 bits per heavy atom. The minimum absolute atomic E-state index is 0.00331. The third kappa shape index (κ3) is 3.72. The number of halogens is 3. The summed E-state index contributed by atoms with van der Waals surface area (Å²) in [4.78, 5) is 11.4. The number of nitrogens with zero attached hydrogens (tertiary/aromatic N) is 1. The Hall–Kier alpha value is -1.25. The smallest absolute Gasteiger partial charge is 0.355 e. The van der Waals surface area contributed by atoms with E-state index < -0.39 is 18.0 Å². The van der Waals surface area contributed by atoms with Gasteiger partial charge in [-0.15, -0.1) is 0 Å². The maximum atomic E-state index is 11.8. The molecule has 1 amide bonds. The van der Waals surface area contributed by atoms with Crippen LogP contribution in [0.15, 0.2) is 0 Å². The molecule has 0 aliphatic heterocycles. The molecule has 0 aromatic heterocycles. The van der Waals surface area contributed by atoms with E-state index in [0.29, 0.717) is 12.8 Å². The number of hydrogen-bond acceptors (Lipinski definition) is 2. The number of rotatable bonds is 5.